The van der Waals surface area contributed by atoms with E-state index >= 15 is 0 Å². The second kappa shape index (κ2) is 5.57. The van der Waals surface area contributed by atoms with Gasteiger partial charge in [0.2, 0.25) is 0 Å². The Labute approximate surface area is 99.9 Å². The van der Waals surface area contributed by atoms with Gasteiger partial charge in [-0.2, -0.15) is 0 Å². The van der Waals surface area contributed by atoms with Gasteiger partial charge >= 0.3 is 0 Å². The molecule has 1 rings (SSSR count). The van der Waals surface area contributed by atoms with Gasteiger partial charge in [0.25, 0.3) is 0 Å². The quantitative estimate of drug-likeness (QED) is 0.867. The van der Waals surface area contributed by atoms with Gasteiger partial charge in [-0.15, -0.1) is 12.4 Å². The molecule has 0 heterocycles. The lowest BCUT2D eigenvalue weighted by atomic mass is 9.81. The smallest absolute Gasteiger partial charge is 0.163 e. The Balaban J connectivity index is 0.00000225. The van der Waals surface area contributed by atoms with Crippen molar-refractivity contribution in [3.05, 3.63) is 35.4 Å². The van der Waals surface area contributed by atoms with E-state index in [0.717, 1.165) is 6.07 Å². The van der Waals surface area contributed by atoms with Crippen molar-refractivity contribution >= 4 is 12.4 Å². The summed E-state index contributed by atoms with van der Waals surface area (Å²) >= 11 is 0. The highest BCUT2D eigenvalue weighted by atomic mass is 35.5. The molecule has 0 saturated heterocycles. The fraction of sp³-hybridized carbons (Fsp3) is 0.455. The molecule has 1 aromatic rings. The van der Waals surface area contributed by atoms with E-state index < -0.39 is 23.1 Å². The second-order valence-electron chi connectivity index (χ2n) is 4.27. The largest absolute Gasteiger partial charge is 0.396 e. The summed E-state index contributed by atoms with van der Waals surface area (Å²) in [4.78, 5) is 0. The number of benzene rings is 1. The van der Waals surface area contributed by atoms with Gasteiger partial charge in [0.15, 0.2) is 11.6 Å². The Morgan fingerprint density at radius 2 is 1.94 bits per heavy atom. The van der Waals surface area contributed by atoms with Crippen LogP contribution in [0, 0.1) is 17.0 Å². The predicted molar refractivity (Wildman–Crippen MR) is 61.4 cm³/mol. The van der Waals surface area contributed by atoms with Crippen molar-refractivity contribution in [3.8, 4) is 0 Å². The van der Waals surface area contributed by atoms with Crippen molar-refractivity contribution in [2.45, 2.75) is 19.9 Å². The number of nitrogens with two attached hydrogens (primary N) is 1. The van der Waals surface area contributed by atoms with Crippen LogP contribution in [0.1, 0.15) is 25.5 Å². The van der Waals surface area contributed by atoms with Crippen molar-refractivity contribution in [2.75, 3.05) is 6.61 Å². The van der Waals surface area contributed by atoms with Gasteiger partial charge < -0.3 is 10.8 Å². The molecule has 2 nitrogen and oxygen atoms in total. The van der Waals surface area contributed by atoms with E-state index in [9.17, 15) is 8.78 Å². The molecule has 0 bridgehead atoms. The lowest BCUT2D eigenvalue weighted by Crippen LogP contribution is -2.33. The molecular weight excluding hydrogens is 236 g/mol. The van der Waals surface area contributed by atoms with Crippen LogP contribution in [0.4, 0.5) is 8.78 Å². The molecule has 92 valence electrons. The van der Waals surface area contributed by atoms with Crippen molar-refractivity contribution in [2.24, 2.45) is 11.1 Å². The van der Waals surface area contributed by atoms with Crippen LogP contribution in [0.15, 0.2) is 18.2 Å². The zero-order valence-corrected chi connectivity index (χ0v) is 10.0. The first kappa shape index (κ1) is 15.3. The van der Waals surface area contributed by atoms with Gasteiger partial charge in [0.1, 0.15) is 0 Å². The lowest BCUT2D eigenvalue weighted by Gasteiger charge is -2.29. The van der Waals surface area contributed by atoms with Gasteiger partial charge in [-0.25, -0.2) is 8.78 Å². The first-order chi connectivity index (χ1) is 6.90. The molecule has 16 heavy (non-hydrogen) atoms. The van der Waals surface area contributed by atoms with E-state index in [-0.39, 0.29) is 24.6 Å². The lowest BCUT2D eigenvalue weighted by molar-refractivity contribution is 0.130. The Morgan fingerprint density at radius 3 is 2.44 bits per heavy atom. The van der Waals surface area contributed by atoms with Crippen LogP contribution in [-0.4, -0.2) is 11.7 Å². The maximum atomic E-state index is 13.4. The molecule has 3 N–H and O–H groups in total. The molecule has 0 unspecified atom stereocenters. The SMILES string of the molecule is CC(C)(CO)[C@@H](N)c1cccc(F)c1F.Cl. The van der Waals surface area contributed by atoms with Crippen LogP contribution in [0.3, 0.4) is 0 Å². The monoisotopic (exact) mass is 251 g/mol. The molecule has 0 fully saturated rings. The minimum Gasteiger partial charge on any atom is -0.396 e. The minimum atomic E-state index is -0.938. The average Bonchev–Trinajstić information content (AvgIpc) is 2.21. The standard InChI is InChI=1S/C11H15F2NO.ClH/c1-11(2,6-15)10(14)7-4-3-5-8(12)9(7)13;/h3-5,10,15H,6,14H2,1-2H3;1H/t10-;/m0./s1. The number of hydrogen-bond acceptors (Lipinski definition) is 2. The third-order valence-corrected chi connectivity index (χ3v) is 2.57. The van der Waals surface area contributed by atoms with Crippen molar-refractivity contribution < 1.29 is 13.9 Å². The summed E-state index contributed by atoms with van der Waals surface area (Å²) in [5, 5.41) is 9.09. The Kier molecular flexibility index (Phi) is 5.32. The minimum absolute atomic E-state index is 0. The Bertz CT molecular complexity index is 358. The summed E-state index contributed by atoms with van der Waals surface area (Å²) < 4.78 is 26.3. The highest BCUT2D eigenvalue weighted by Crippen LogP contribution is 2.32. The highest BCUT2D eigenvalue weighted by Gasteiger charge is 2.29. The number of rotatable bonds is 3. The molecule has 0 aliphatic rings. The molecule has 1 aromatic carbocycles. The normalized spacial score (nSPS) is 13.1. The van der Waals surface area contributed by atoms with E-state index in [1.54, 1.807) is 13.8 Å². The molecule has 0 aromatic heterocycles. The van der Waals surface area contributed by atoms with Gasteiger partial charge in [0, 0.05) is 23.6 Å². The number of aliphatic hydroxyl groups is 1. The zero-order chi connectivity index (χ0) is 11.6. The molecular formula is C11H16ClF2NO. The van der Waals surface area contributed by atoms with E-state index in [0.29, 0.717) is 0 Å². The fourth-order valence-electron chi connectivity index (χ4n) is 1.28. The average molecular weight is 252 g/mol. The van der Waals surface area contributed by atoms with E-state index in [1.165, 1.54) is 12.1 Å². The van der Waals surface area contributed by atoms with Crippen molar-refractivity contribution in [1.29, 1.82) is 0 Å². The van der Waals surface area contributed by atoms with E-state index in [1.807, 2.05) is 0 Å². The Hall–Kier alpha value is -0.710. The molecule has 0 radical (unpaired) electrons. The predicted octanol–water partition coefficient (Wildman–Crippen LogP) is 2.40. The zero-order valence-electron chi connectivity index (χ0n) is 9.21. The second-order valence-corrected chi connectivity index (χ2v) is 4.27. The first-order valence-corrected chi connectivity index (χ1v) is 4.70. The number of halogens is 3. The van der Waals surface area contributed by atoms with Gasteiger partial charge in [-0.1, -0.05) is 26.0 Å². The molecule has 0 aliphatic carbocycles. The topological polar surface area (TPSA) is 46.2 Å². The summed E-state index contributed by atoms with van der Waals surface area (Å²) in [5.74, 6) is -1.86. The number of hydrogen-bond donors (Lipinski definition) is 2. The maximum absolute atomic E-state index is 13.4. The van der Waals surface area contributed by atoms with Crippen LogP contribution in [0.5, 0.6) is 0 Å². The molecule has 5 heteroatoms. The van der Waals surface area contributed by atoms with E-state index in [4.69, 9.17) is 10.8 Å². The van der Waals surface area contributed by atoms with Crippen LogP contribution in [-0.2, 0) is 0 Å². The van der Waals surface area contributed by atoms with Crippen LogP contribution >= 0.6 is 12.4 Å². The van der Waals surface area contributed by atoms with Gasteiger partial charge in [0.05, 0.1) is 0 Å². The number of aliphatic hydroxyl groups excluding tert-OH is 1. The third-order valence-electron chi connectivity index (χ3n) is 2.57. The molecule has 1 atom stereocenters. The van der Waals surface area contributed by atoms with Gasteiger partial charge in [-0.3, -0.25) is 0 Å². The van der Waals surface area contributed by atoms with Crippen LogP contribution < -0.4 is 5.73 Å². The van der Waals surface area contributed by atoms with Crippen LogP contribution in [0.2, 0.25) is 0 Å². The van der Waals surface area contributed by atoms with Crippen LogP contribution in [0.25, 0.3) is 0 Å². The summed E-state index contributed by atoms with van der Waals surface area (Å²) in [6, 6.07) is 3.14. The molecule has 0 saturated carbocycles. The van der Waals surface area contributed by atoms with Crippen molar-refractivity contribution in [1.82, 2.24) is 0 Å². The molecule has 0 aliphatic heterocycles. The molecule has 0 spiro atoms. The fourth-order valence-corrected chi connectivity index (χ4v) is 1.28. The van der Waals surface area contributed by atoms with Gasteiger partial charge in [-0.05, 0) is 6.07 Å². The highest BCUT2D eigenvalue weighted by molar-refractivity contribution is 5.85. The first-order valence-electron chi connectivity index (χ1n) is 4.70. The Morgan fingerprint density at radius 1 is 1.38 bits per heavy atom. The summed E-state index contributed by atoms with van der Waals surface area (Å²) in [5.41, 5.74) is 5.19. The molecule has 0 amide bonds. The summed E-state index contributed by atoms with van der Waals surface area (Å²) in [6.07, 6.45) is 0. The summed E-state index contributed by atoms with van der Waals surface area (Å²) in [7, 11) is 0. The maximum Gasteiger partial charge on any atom is 0.163 e. The van der Waals surface area contributed by atoms with E-state index in [2.05, 4.69) is 0 Å². The van der Waals surface area contributed by atoms with Crippen molar-refractivity contribution in [3.63, 3.8) is 0 Å². The third kappa shape index (κ3) is 2.90. The summed E-state index contributed by atoms with van der Waals surface area (Å²) in [6.45, 7) is 3.20.